The molecule has 2 heterocycles. The Morgan fingerprint density at radius 3 is 2.91 bits per heavy atom. The molecule has 0 aliphatic carbocycles. The van der Waals surface area contributed by atoms with Crippen LogP contribution in [0.5, 0.6) is 0 Å². The summed E-state index contributed by atoms with van der Waals surface area (Å²) in [7, 11) is 0. The number of anilines is 1. The van der Waals surface area contributed by atoms with Gasteiger partial charge in [0, 0.05) is 6.20 Å². The summed E-state index contributed by atoms with van der Waals surface area (Å²) in [5.74, 6) is -0.428. The van der Waals surface area contributed by atoms with Crippen molar-refractivity contribution in [1.29, 1.82) is 0 Å². The summed E-state index contributed by atoms with van der Waals surface area (Å²) in [6.45, 7) is 3.28. The molecular formula is C13H17N3O6. The van der Waals surface area contributed by atoms with E-state index in [1.54, 1.807) is 19.3 Å². The predicted molar refractivity (Wildman–Crippen MR) is 73.9 cm³/mol. The highest BCUT2D eigenvalue weighted by molar-refractivity contribution is 5.71. The van der Waals surface area contributed by atoms with Crippen molar-refractivity contribution < 1.29 is 24.6 Å². The normalized spacial score (nSPS) is 20.5. The topological polar surface area (TPSA) is 123 Å². The van der Waals surface area contributed by atoms with Gasteiger partial charge in [-0.15, -0.1) is 0 Å². The van der Waals surface area contributed by atoms with Gasteiger partial charge in [0.05, 0.1) is 5.92 Å². The molecule has 0 saturated carbocycles. The zero-order chi connectivity index (χ0) is 16.3. The molecule has 3 N–H and O–H groups in total. The molecule has 2 atom stereocenters. The van der Waals surface area contributed by atoms with Gasteiger partial charge in [-0.3, -0.25) is 20.0 Å². The van der Waals surface area contributed by atoms with Gasteiger partial charge in [-0.2, -0.15) is 4.98 Å². The van der Waals surface area contributed by atoms with Crippen LogP contribution in [0.15, 0.2) is 28.9 Å². The number of aromatic nitrogens is 2. The van der Waals surface area contributed by atoms with Gasteiger partial charge in [-0.1, -0.05) is 13.8 Å². The van der Waals surface area contributed by atoms with Gasteiger partial charge in [-0.25, -0.2) is 4.79 Å². The Morgan fingerprint density at radius 1 is 1.59 bits per heavy atom. The fourth-order valence-corrected chi connectivity index (χ4v) is 1.82. The van der Waals surface area contributed by atoms with E-state index in [9.17, 15) is 14.7 Å². The SMILES string of the molecule is CC(C)C(=O)OCC1=C[C@@H](O)C(n2ccc(NO)nc2=O)O1. The highest BCUT2D eigenvalue weighted by atomic mass is 16.6. The highest BCUT2D eigenvalue weighted by Gasteiger charge is 2.30. The first-order chi connectivity index (χ1) is 10.4. The molecular weight excluding hydrogens is 294 g/mol. The van der Waals surface area contributed by atoms with Crippen LogP contribution in [-0.2, 0) is 14.3 Å². The van der Waals surface area contributed by atoms with Crippen molar-refractivity contribution in [2.24, 2.45) is 5.92 Å². The third-order valence-corrected chi connectivity index (χ3v) is 2.97. The zero-order valence-electron chi connectivity index (χ0n) is 12.1. The van der Waals surface area contributed by atoms with Crippen LogP contribution in [0.2, 0.25) is 0 Å². The molecule has 0 saturated heterocycles. The fourth-order valence-electron chi connectivity index (χ4n) is 1.82. The summed E-state index contributed by atoms with van der Waals surface area (Å²) < 4.78 is 11.5. The number of carbonyl (C=O) groups is 1. The third kappa shape index (κ3) is 3.43. The molecule has 9 nitrogen and oxygen atoms in total. The van der Waals surface area contributed by atoms with Gasteiger partial charge in [0.1, 0.15) is 18.5 Å². The van der Waals surface area contributed by atoms with E-state index >= 15 is 0 Å². The standard InChI is InChI=1S/C13H17N3O6/c1-7(2)12(18)21-6-8-5-9(17)11(22-8)16-4-3-10(15-20)14-13(16)19/h3-5,7,9,11,17,20H,6H2,1-2H3,(H,14,15,19)/t9-,11?/m1/s1. The van der Waals surface area contributed by atoms with Crippen molar-refractivity contribution in [1.82, 2.24) is 9.55 Å². The van der Waals surface area contributed by atoms with Crippen LogP contribution in [0.3, 0.4) is 0 Å². The lowest BCUT2D eigenvalue weighted by Crippen LogP contribution is -2.32. The molecule has 0 aromatic carbocycles. The van der Waals surface area contributed by atoms with Crippen molar-refractivity contribution in [3.05, 3.63) is 34.6 Å². The molecule has 2 rings (SSSR count). The van der Waals surface area contributed by atoms with Crippen molar-refractivity contribution in [3.8, 4) is 0 Å². The lowest BCUT2D eigenvalue weighted by molar-refractivity contribution is -0.147. The summed E-state index contributed by atoms with van der Waals surface area (Å²) >= 11 is 0. The molecule has 1 aliphatic heterocycles. The van der Waals surface area contributed by atoms with E-state index in [0.717, 1.165) is 4.57 Å². The number of nitrogens with one attached hydrogen (secondary N) is 1. The Morgan fingerprint density at radius 2 is 2.32 bits per heavy atom. The molecule has 1 aliphatic rings. The Labute approximate surface area is 125 Å². The largest absolute Gasteiger partial charge is 0.468 e. The number of ether oxygens (including phenoxy) is 2. The first-order valence-electron chi connectivity index (χ1n) is 6.63. The third-order valence-electron chi connectivity index (χ3n) is 2.97. The van der Waals surface area contributed by atoms with Crippen LogP contribution in [0.4, 0.5) is 5.82 Å². The Balaban J connectivity index is 2.05. The van der Waals surface area contributed by atoms with Gasteiger partial charge >= 0.3 is 11.7 Å². The smallest absolute Gasteiger partial charge is 0.352 e. The summed E-state index contributed by atoms with van der Waals surface area (Å²) in [5, 5.41) is 18.6. The maximum absolute atomic E-state index is 11.8. The summed E-state index contributed by atoms with van der Waals surface area (Å²) in [5.41, 5.74) is 1.04. The van der Waals surface area contributed by atoms with Gasteiger partial charge in [0.25, 0.3) is 0 Å². The number of nitrogens with zero attached hydrogens (tertiary/aromatic N) is 2. The van der Waals surface area contributed by atoms with Gasteiger partial charge in [0.2, 0.25) is 6.23 Å². The quantitative estimate of drug-likeness (QED) is 0.513. The Kier molecular flexibility index (Phi) is 4.78. The van der Waals surface area contributed by atoms with E-state index in [1.165, 1.54) is 18.3 Å². The monoisotopic (exact) mass is 311 g/mol. The van der Waals surface area contributed by atoms with Crippen molar-refractivity contribution in [3.63, 3.8) is 0 Å². The molecule has 0 fully saturated rings. The Hall–Kier alpha value is -2.39. The number of aliphatic hydroxyl groups is 1. The number of esters is 1. The second-order valence-electron chi connectivity index (χ2n) is 5.01. The van der Waals surface area contributed by atoms with Crippen molar-refractivity contribution >= 4 is 11.8 Å². The molecule has 9 heteroatoms. The average Bonchev–Trinajstić information content (AvgIpc) is 2.85. The number of carbonyl (C=O) groups excluding carboxylic acids is 1. The van der Waals surface area contributed by atoms with E-state index in [4.69, 9.17) is 14.7 Å². The molecule has 1 aromatic heterocycles. The highest BCUT2D eigenvalue weighted by Crippen LogP contribution is 2.25. The first kappa shape index (κ1) is 16.0. The second kappa shape index (κ2) is 6.58. The number of hydrogen-bond acceptors (Lipinski definition) is 8. The molecule has 0 radical (unpaired) electrons. The van der Waals surface area contributed by atoms with Crippen molar-refractivity contribution in [2.75, 3.05) is 12.1 Å². The van der Waals surface area contributed by atoms with Crippen LogP contribution in [0.1, 0.15) is 20.1 Å². The lowest BCUT2D eigenvalue weighted by Gasteiger charge is -2.18. The van der Waals surface area contributed by atoms with E-state index in [2.05, 4.69) is 4.98 Å². The maximum Gasteiger partial charge on any atom is 0.352 e. The number of hydrogen-bond donors (Lipinski definition) is 3. The molecule has 0 spiro atoms. The zero-order valence-corrected chi connectivity index (χ0v) is 12.1. The molecule has 1 aromatic rings. The van der Waals surface area contributed by atoms with E-state index in [1.807, 2.05) is 0 Å². The minimum atomic E-state index is -1.08. The number of rotatable bonds is 5. The predicted octanol–water partition coefficient (Wildman–Crippen LogP) is 0.0172. The summed E-state index contributed by atoms with van der Waals surface area (Å²) in [6, 6.07) is 1.34. The van der Waals surface area contributed by atoms with Crippen LogP contribution < -0.4 is 11.2 Å². The summed E-state index contributed by atoms with van der Waals surface area (Å²) in [6.07, 6.45) is 0.599. The average molecular weight is 311 g/mol. The molecule has 0 amide bonds. The summed E-state index contributed by atoms with van der Waals surface area (Å²) in [4.78, 5) is 26.7. The molecule has 120 valence electrons. The Bertz CT molecular complexity index is 639. The van der Waals surface area contributed by atoms with Crippen molar-refractivity contribution in [2.45, 2.75) is 26.2 Å². The lowest BCUT2D eigenvalue weighted by atomic mass is 10.2. The molecule has 22 heavy (non-hydrogen) atoms. The fraction of sp³-hybridized carbons (Fsp3) is 0.462. The van der Waals surface area contributed by atoms with E-state index in [0.29, 0.717) is 0 Å². The molecule has 1 unspecified atom stereocenters. The molecule has 0 bridgehead atoms. The number of aliphatic hydroxyl groups excluding tert-OH is 1. The van der Waals surface area contributed by atoms with E-state index < -0.39 is 18.0 Å². The second-order valence-corrected chi connectivity index (χ2v) is 5.01. The van der Waals surface area contributed by atoms with E-state index in [-0.39, 0.29) is 30.1 Å². The van der Waals surface area contributed by atoms with Crippen LogP contribution in [-0.4, -0.2) is 38.5 Å². The van der Waals surface area contributed by atoms with Gasteiger partial charge in [0.15, 0.2) is 5.82 Å². The van der Waals surface area contributed by atoms with Crippen LogP contribution in [0, 0.1) is 5.92 Å². The minimum absolute atomic E-state index is 0.0206. The van der Waals surface area contributed by atoms with Crippen LogP contribution in [0.25, 0.3) is 0 Å². The minimum Gasteiger partial charge on any atom is -0.468 e. The van der Waals surface area contributed by atoms with Gasteiger partial charge < -0.3 is 14.6 Å². The van der Waals surface area contributed by atoms with Crippen LogP contribution >= 0.6 is 0 Å². The first-order valence-corrected chi connectivity index (χ1v) is 6.63. The maximum atomic E-state index is 11.8. The van der Waals surface area contributed by atoms with Gasteiger partial charge in [-0.05, 0) is 12.1 Å².